The van der Waals surface area contributed by atoms with Gasteiger partial charge in [-0.05, 0) is 54.6 Å². The number of esters is 1. The Labute approximate surface area is 258 Å². The Balaban J connectivity index is 1.10. The highest BCUT2D eigenvalue weighted by atomic mass is 31.2. The number of ether oxygens (including phenoxy) is 3. The standard InChI is InChI=1S/C33H41N2O8P/c1-21(32(39)43-33(40)41-19-26-24-11-7-5-9-22(24)23-10-6-8-12-25(23)26)13-16-34-20-35(17-14-28(34)36)31-30(38)29(37)27(42-31)15-18-44(2,3)4/h5-12,14,17,21,26-27,29-31,37-38H,2,13,15-16,18-20H2,1,3-4H3/t21?,27-,29-,30-,31?/m1/s1. The van der Waals surface area contributed by atoms with Gasteiger partial charge in [0.2, 0.25) is 5.91 Å². The quantitative estimate of drug-likeness (QED) is 0.231. The highest BCUT2D eigenvalue weighted by molar-refractivity contribution is 7.72. The zero-order valence-electron chi connectivity index (χ0n) is 25.4. The summed E-state index contributed by atoms with van der Waals surface area (Å²) in [6.07, 6.45) is 4.17. The lowest BCUT2D eigenvalue weighted by molar-refractivity contribution is -0.145. The van der Waals surface area contributed by atoms with Gasteiger partial charge in [0.05, 0.1) is 18.7 Å². The molecule has 44 heavy (non-hydrogen) atoms. The molecular weight excluding hydrogens is 583 g/mol. The fourth-order valence-corrected chi connectivity index (χ4v) is 6.87. The van der Waals surface area contributed by atoms with E-state index in [-0.39, 0.29) is 38.1 Å². The predicted molar refractivity (Wildman–Crippen MR) is 169 cm³/mol. The van der Waals surface area contributed by atoms with Crippen molar-refractivity contribution in [3.05, 3.63) is 71.9 Å². The van der Waals surface area contributed by atoms with Crippen LogP contribution in [0.4, 0.5) is 4.79 Å². The van der Waals surface area contributed by atoms with Gasteiger partial charge in [-0.15, -0.1) is 13.2 Å². The summed E-state index contributed by atoms with van der Waals surface area (Å²) in [5, 5.41) is 21.2. The largest absolute Gasteiger partial charge is 0.516 e. The number of rotatable bonds is 10. The summed E-state index contributed by atoms with van der Waals surface area (Å²) >= 11 is 0. The van der Waals surface area contributed by atoms with Gasteiger partial charge in [-0.2, -0.15) is 0 Å². The van der Waals surface area contributed by atoms with Gasteiger partial charge in [0, 0.05) is 24.7 Å². The second kappa shape index (κ2) is 13.3. The van der Waals surface area contributed by atoms with Crippen molar-refractivity contribution in [2.45, 2.75) is 50.2 Å². The third-order valence-electron chi connectivity index (χ3n) is 8.49. The molecule has 0 spiro atoms. The first-order chi connectivity index (χ1) is 20.9. The summed E-state index contributed by atoms with van der Waals surface area (Å²) in [6.45, 7) is 4.86. The second-order valence-electron chi connectivity index (χ2n) is 12.5. The molecule has 1 aliphatic carbocycles. The van der Waals surface area contributed by atoms with E-state index in [2.05, 4.69) is 19.6 Å². The molecule has 11 heteroatoms. The monoisotopic (exact) mass is 624 g/mol. The summed E-state index contributed by atoms with van der Waals surface area (Å²) in [5.74, 6) is -1.84. The van der Waals surface area contributed by atoms with E-state index >= 15 is 0 Å². The number of aliphatic hydroxyl groups excluding tert-OH is 2. The van der Waals surface area contributed by atoms with Gasteiger partial charge in [0.15, 0.2) is 6.23 Å². The van der Waals surface area contributed by atoms with Crippen molar-refractivity contribution in [1.82, 2.24) is 9.80 Å². The zero-order chi connectivity index (χ0) is 31.6. The van der Waals surface area contributed by atoms with E-state index in [1.54, 1.807) is 18.0 Å². The Hall–Kier alpha value is -3.43. The van der Waals surface area contributed by atoms with Gasteiger partial charge in [-0.3, -0.25) is 9.59 Å². The molecular formula is C33H41N2O8P. The number of carbonyl (C=O) groups is 3. The molecule has 0 radical (unpaired) electrons. The van der Waals surface area contributed by atoms with Crippen molar-refractivity contribution in [2.24, 2.45) is 5.92 Å². The van der Waals surface area contributed by atoms with Crippen molar-refractivity contribution in [3.63, 3.8) is 0 Å². The molecule has 0 aromatic heterocycles. The molecule has 1 amide bonds. The number of fused-ring (bicyclic) bond motifs is 3. The summed E-state index contributed by atoms with van der Waals surface area (Å²) < 4.78 is 16.4. The first kappa shape index (κ1) is 32.0. The van der Waals surface area contributed by atoms with E-state index in [1.165, 1.54) is 11.0 Å². The molecule has 2 aromatic rings. The fraction of sp³-hybridized carbons (Fsp3) is 0.455. The summed E-state index contributed by atoms with van der Waals surface area (Å²) in [4.78, 5) is 40.9. The van der Waals surface area contributed by atoms with E-state index in [9.17, 15) is 24.6 Å². The molecule has 5 atom stereocenters. The maximum Gasteiger partial charge on any atom is 0.516 e. The molecule has 1 fully saturated rings. The van der Waals surface area contributed by atoms with Crippen LogP contribution in [0.2, 0.25) is 0 Å². The summed E-state index contributed by atoms with van der Waals surface area (Å²) in [5.41, 5.74) is 4.30. The topological polar surface area (TPSA) is 126 Å². The SMILES string of the molecule is C=P(C)(C)CC[C@H]1OC(N2C=CC(=O)N(CCC(C)C(=O)OC(=O)OCC3c4ccccc4-c4ccccc43)C2)[C@H](O)[C@@H]1O. The molecule has 10 nitrogen and oxygen atoms in total. The highest BCUT2D eigenvalue weighted by Gasteiger charge is 2.45. The van der Waals surface area contributed by atoms with Crippen LogP contribution in [-0.4, -0.2) is 108 Å². The van der Waals surface area contributed by atoms with E-state index in [0.29, 0.717) is 6.42 Å². The molecule has 236 valence electrons. The number of benzene rings is 2. The van der Waals surface area contributed by atoms with E-state index < -0.39 is 49.5 Å². The van der Waals surface area contributed by atoms with Crippen molar-refractivity contribution >= 4 is 31.2 Å². The van der Waals surface area contributed by atoms with E-state index in [0.717, 1.165) is 28.4 Å². The van der Waals surface area contributed by atoms with Gasteiger partial charge < -0.3 is 34.2 Å². The Morgan fingerprint density at radius 1 is 1.07 bits per heavy atom. The average Bonchev–Trinajstić information content (AvgIpc) is 3.47. The number of amides is 1. The third-order valence-corrected chi connectivity index (χ3v) is 9.95. The summed E-state index contributed by atoms with van der Waals surface area (Å²) in [7, 11) is 0. The number of nitrogens with zero attached hydrogens (tertiary/aromatic N) is 2. The molecule has 3 aliphatic rings. The molecule has 2 N–H and O–H groups in total. The minimum atomic E-state index is -1.32. The fourth-order valence-electron chi connectivity index (χ4n) is 5.91. The number of hydrogen-bond acceptors (Lipinski definition) is 9. The van der Waals surface area contributed by atoms with Crippen LogP contribution >= 0.6 is 6.89 Å². The molecule has 2 heterocycles. The third kappa shape index (κ3) is 7.10. The van der Waals surface area contributed by atoms with Gasteiger partial charge in [0.1, 0.15) is 18.8 Å². The van der Waals surface area contributed by atoms with Crippen LogP contribution in [0.1, 0.15) is 36.8 Å². The first-order valence-corrected chi connectivity index (χ1v) is 18.0. The normalized spacial score (nSPS) is 23.8. The lowest BCUT2D eigenvalue weighted by atomic mass is 9.98. The van der Waals surface area contributed by atoms with Crippen molar-refractivity contribution in [2.75, 3.05) is 39.3 Å². The van der Waals surface area contributed by atoms with Crippen LogP contribution in [0.25, 0.3) is 11.1 Å². The average molecular weight is 625 g/mol. The molecule has 2 aromatic carbocycles. The predicted octanol–water partition coefficient (Wildman–Crippen LogP) is 3.67. The smallest absolute Gasteiger partial charge is 0.433 e. The van der Waals surface area contributed by atoms with Gasteiger partial charge >= 0.3 is 12.1 Å². The van der Waals surface area contributed by atoms with Gasteiger partial charge in [-0.1, -0.05) is 55.5 Å². The molecule has 5 rings (SSSR count). The minimum Gasteiger partial charge on any atom is -0.433 e. The summed E-state index contributed by atoms with van der Waals surface area (Å²) in [6, 6.07) is 15.9. The first-order valence-electron chi connectivity index (χ1n) is 14.9. The molecule has 0 bridgehead atoms. The van der Waals surface area contributed by atoms with Crippen LogP contribution in [0.3, 0.4) is 0 Å². The van der Waals surface area contributed by atoms with E-state index in [1.807, 2.05) is 48.5 Å². The zero-order valence-corrected chi connectivity index (χ0v) is 26.3. The lowest BCUT2D eigenvalue weighted by Gasteiger charge is -2.37. The van der Waals surface area contributed by atoms with Crippen LogP contribution in [0.15, 0.2) is 60.8 Å². The Kier molecular flexibility index (Phi) is 9.65. The molecule has 0 saturated carbocycles. The molecule has 1 saturated heterocycles. The maximum atomic E-state index is 12.7. The Bertz CT molecular complexity index is 1430. The van der Waals surface area contributed by atoms with Crippen LogP contribution in [0, 0.1) is 5.92 Å². The number of hydrogen-bond donors (Lipinski definition) is 2. The number of carbonyl (C=O) groups excluding carboxylic acids is 3. The minimum absolute atomic E-state index is 0.0399. The van der Waals surface area contributed by atoms with Gasteiger partial charge in [0.25, 0.3) is 0 Å². The second-order valence-corrected chi connectivity index (χ2v) is 16.8. The molecule has 2 unspecified atom stereocenters. The van der Waals surface area contributed by atoms with Crippen molar-refractivity contribution in [3.8, 4) is 11.1 Å². The van der Waals surface area contributed by atoms with Crippen molar-refractivity contribution < 1.29 is 38.8 Å². The van der Waals surface area contributed by atoms with Crippen molar-refractivity contribution in [1.29, 1.82) is 0 Å². The van der Waals surface area contributed by atoms with Crippen LogP contribution < -0.4 is 0 Å². The Morgan fingerprint density at radius 2 is 1.70 bits per heavy atom. The number of aliphatic hydroxyl groups is 2. The van der Waals surface area contributed by atoms with Crippen LogP contribution in [-0.2, 0) is 23.8 Å². The molecule has 2 aliphatic heterocycles. The maximum absolute atomic E-state index is 12.7. The lowest BCUT2D eigenvalue weighted by Crippen LogP contribution is -2.50. The van der Waals surface area contributed by atoms with Crippen LogP contribution in [0.5, 0.6) is 0 Å². The Morgan fingerprint density at radius 3 is 2.34 bits per heavy atom. The highest BCUT2D eigenvalue weighted by Crippen LogP contribution is 2.44. The van der Waals surface area contributed by atoms with E-state index in [4.69, 9.17) is 14.2 Å². The van der Waals surface area contributed by atoms with Gasteiger partial charge in [-0.25, -0.2) is 4.79 Å².